The molecule has 6 nitrogen and oxygen atoms in total. The van der Waals surface area contributed by atoms with Crippen LogP contribution in [0, 0.1) is 13.8 Å². The van der Waals surface area contributed by atoms with E-state index >= 15 is 0 Å². The van der Waals surface area contributed by atoms with Crippen LogP contribution in [0.25, 0.3) is 16.6 Å². The highest BCUT2D eigenvalue weighted by Gasteiger charge is 2.17. The van der Waals surface area contributed by atoms with Gasteiger partial charge in [0.25, 0.3) is 0 Å². The van der Waals surface area contributed by atoms with E-state index in [2.05, 4.69) is 22.7 Å². The van der Waals surface area contributed by atoms with Crippen LogP contribution in [0.1, 0.15) is 36.2 Å². The van der Waals surface area contributed by atoms with E-state index in [0.717, 1.165) is 53.0 Å². The molecule has 1 saturated heterocycles. The topological polar surface area (TPSA) is 71.3 Å². The van der Waals surface area contributed by atoms with E-state index in [9.17, 15) is 4.79 Å². The Morgan fingerprint density at radius 3 is 2.93 bits per heavy atom. The van der Waals surface area contributed by atoms with Gasteiger partial charge in [-0.05, 0) is 57.4 Å². The molecule has 0 aliphatic carbocycles. The lowest BCUT2D eigenvalue weighted by Crippen LogP contribution is -2.37. The molecular weight excluding hydrogens is 362 g/mol. The van der Waals surface area contributed by atoms with E-state index in [0.29, 0.717) is 18.9 Å². The summed E-state index contributed by atoms with van der Waals surface area (Å²) >= 11 is 0. The van der Waals surface area contributed by atoms with E-state index in [1.807, 2.05) is 35.7 Å². The minimum atomic E-state index is 0. The van der Waals surface area contributed by atoms with Gasteiger partial charge >= 0.3 is 0 Å². The second-order valence-corrected chi connectivity index (χ2v) is 7.11. The number of carbonyl (C=O) groups is 1. The predicted octanol–water partition coefficient (Wildman–Crippen LogP) is 2.72. The average molecular weight is 388 g/mol. The second kappa shape index (κ2) is 8.23. The standard InChI is InChI=1S/C20H25N5O.ClH/c1-13-16(9-10-19(26)22-12-15-6-5-11-21-15)14(2)25-20(23-13)17-7-3-4-8-18(17)24-25;/h3-4,7-8,15,21H,5-6,9-12H2,1-2H3,(H,22,26);1H. The van der Waals surface area contributed by atoms with E-state index in [4.69, 9.17) is 4.98 Å². The van der Waals surface area contributed by atoms with Crippen LogP contribution >= 0.6 is 12.4 Å². The molecule has 1 aromatic carbocycles. The van der Waals surface area contributed by atoms with Gasteiger partial charge in [0.05, 0.1) is 5.52 Å². The van der Waals surface area contributed by atoms with Crippen molar-refractivity contribution >= 4 is 34.9 Å². The summed E-state index contributed by atoms with van der Waals surface area (Å²) in [5, 5.41) is 12.2. The van der Waals surface area contributed by atoms with Crippen LogP contribution in [0.5, 0.6) is 0 Å². The number of nitrogens with zero attached hydrogens (tertiary/aromatic N) is 3. The first-order valence-electron chi connectivity index (χ1n) is 9.37. The van der Waals surface area contributed by atoms with Crippen molar-refractivity contribution in [1.29, 1.82) is 0 Å². The molecule has 1 atom stereocenters. The maximum atomic E-state index is 12.2. The smallest absolute Gasteiger partial charge is 0.220 e. The molecule has 27 heavy (non-hydrogen) atoms. The van der Waals surface area contributed by atoms with Crippen molar-refractivity contribution in [2.45, 2.75) is 45.6 Å². The molecule has 1 aliphatic rings. The van der Waals surface area contributed by atoms with Crippen LogP contribution in [0.15, 0.2) is 24.3 Å². The maximum absolute atomic E-state index is 12.2. The van der Waals surface area contributed by atoms with Crippen molar-refractivity contribution < 1.29 is 4.79 Å². The Kier molecular flexibility index (Phi) is 5.97. The van der Waals surface area contributed by atoms with Gasteiger partial charge in [-0.2, -0.15) is 5.10 Å². The van der Waals surface area contributed by atoms with Gasteiger partial charge in [0.15, 0.2) is 5.65 Å². The van der Waals surface area contributed by atoms with E-state index in [-0.39, 0.29) is 18.3 Å². The van der Waals surface area contributed by atoms with Crippen LogP contribution in [-0.4, -0.2) is 39.6 Å². The van der Waals surface area contributed by atoms with Gasteiger partial charge in [0.1, 0.15) is 0 Å². The summed E-state index contributed by atoms with van der Waals surface area (Å²) in [5.41, 5.74) is 4.98. The summed E-state index contributed by atoms with van der Waals surface area (Å²) in [6.07, 6.45) is 3.50. The predicted molar refractivity (Wildman–Crippen MR) is 110 cm³/mol. The van der Waals surface area contributed by atoms with Crippen molar-refractivity contribution in [1.82, 2.24) is 25.2 Å². The number of hydrogen-bond donors (Lipinski definition) is 2. The molecule has 1 fully saturated rings. The van der Waals surface area contributed by atoms with Crippen LogP contribution in [0.4, 0.5) is 0 Å². The number of aromatic nitrogens is 3. The lowest BCUT2D eigenvalue weighted by Gasteiger charge is -2.13. The maximum Gasteiger partial charge on any atom is 0.220 e. The van der Waals surface area contributed by atoms with Crippen molar-refractivity contribution in [3.63, 3.8) is 0 Å². The minimum Gasteiger partial charge on any atom is -0.355 e. The van der Waals surface area contributed by atoms with E-state index in [1.165, 1.54) is 6.42 Å². The van der Waals surface area contributed by atoms with Crippen LogP contribution in [0.3, 0.4) is 0 Å². The number of hydrogen-bond acceptors (Lipinski definition) is 4. The summed E-state index contributed by atoms with van der Waals surface area (Å²) in [5.74, 6) is 0.100. The molecule has 7 heteroatoms. The summed E-state index contributed by atoms with van der Waals surface area (Å²) < 4.78 is 1.91. The van der Waals surface area contributed by atoms with Crippen molar-refractivity contribution in [2.24, 2.45) is 0 Å². The first kappa shape index (κ1) is 19.6. The highest BCUT2D eigenvalue weighted by atomic mass is 35.5. The van der Waals surface area contributed by atoms with Gasteiger partial charge in [-0.15, -0.1) is 12.4 Å². The van der Waals surface area contributed by atoms with Gasteiger partial charge in [-0.1, -0.05) is 12.1 Å². The Balaban J connectivity index is 0.00000210. The first-order valence-corrected chi connectivity index (χ1v) is 9.37. The molecule has 2 aromatic heterocycles. The Morgan fingerprint density at radius 2 is 2.15 bits per heavy atom. The average Bonchev–Trinajstić information content (AvgIpc) is 3.28. The van der Waals surface area contributed by atoms with Crippen LogP contribution in [-0.2, 0) is 11.2 Å². The summed E-state index contributed by atoms with van der Waals surface area (Å²) in [7, 11) is 0. The quantitative estimate of drug-likeness (QED) is 0.706. The SMILES string of the molecule is Cc1nc2c3ccccc3nn2c(C)c1CCC(=O)NCC1CCCN1.Cl. The number of halogens is 1. The van der Waals surface area contributed by atoms with Crippen LogP contribution in [0.2, 0.25) is 0 Å². The zero-order valence-electron chi connectivity index (χ0n) is 15.8. The summed E-state index contributed by atoms with van der Waals surface area (Å²) in [4.78, 5) is 17.0. The van der Waals surface area contributed by atoms with E-state index < -0.39 is 0 Å². The molecule has 1 unspecified atom stereocenters. The van der Waals surface area contributed by atoms with E-state index in [1.54, 1.807) is 0 Å². The third-order valence-corrected chi connectivity index (χ3v) is 5.33. The molecule has 0 bridgehead atoms. The lowest BCUT2D eigenvalue weighted by molar-refractivity contribution is -0.121. The zero-order chi connectivity index (χ0) is 18.1. The number of rotatable bonds is 5. The summed E-state index contributed by atoms with van der Waals surface area (Å²) in [6.45, 7) is 5.86. The Hall–Kier alpha value is -2.18. The number of amides is 1. The number of aryl methyl sites for hydroxylation is 2. The Labute approximate surface area is 165 Å². The largest absolute Gasteiger partial charge is 0.355 e. The molecule has 0 radical (unpaired) electrons. The highest BCUT2D eigenvalue weighted by molar-refractivity contribution is 5.92. The van der Waals surface area contributed by atoms with Crippen molar-refractivity contribution in [2.75, 3.05) is 13.1 Å². The molecule has 3 aromatic rings. The van der Waals surface area contributed by atoms with Crippen molar-refractivity contribution in [3.8, 4) is 0 Å². The molecule has 4 rings (SSSR count). The fourth-order valence-corrected chi connectivity index (χ4v) is 3.83. The molecule has 144 valence electrons. The monoisotopic (exact) mass is 387 g/mol. The number of carbonyl (C=O) groups excluding carboxylic acids is 1. The molecule has 2 N–H and O–H groups in total. The molecule has 0 saturated carbocycles. The van der Waals surface area contributed by atoms with Crippen molar-refractivity contribution in [3.05, 3.63) is 41.2 Å². The van der Waals surface area contributed by atoms with Gasteiger partial charge in [0, 0.05) is 35.8 Å². The number of nitrogens with one attached hydrogen (secondary N) is 2. The third-order valence-electron chi connectivity index (χ3n) is 5.33. The Morgan fingerprint density at radius 1 is 1.33 bits per heavy atom. The Bertz CT molecular complexity index is 962. The van der Waals surface area contributed by atoms with Crippen LogP contribution < -0.4 is 10.6 Å². The second-order valence-electron chi connectivity index (χ2n) is 7.11. The van der Waals surface area contributed by atoms with Gasteiger partial charge in [-0.25, -0.2) is 9.50 Å². The third kappa shape index (κ3) is 3.92. The molecule has 1 amide bonds. The summed E-state index contributed by atoms with van der Waals surface area (Å²) in [6, 6.07) is 8.48. The van der Waals surface area contributed by atoms with Gasteiger partial charge < -0.3 is 10.6 Å². The number of fused-ring (bicyclic) bond motifs is 3. The fourth-order valence-electron chi connectivity index (χ4n) is 3.83. The van der Waals surface area contributed by atoms with Gasteiger partial charge in [-0.3, -0.25) is 4.79 Å². The molecule has 0 spiro atoms. The number of benzene rings is 1. The molecular formula is C20H26ClN5O. The first-order chi connectivity index (χ1) is 12.6. The zero-order valence-corrected chi connectivity index (χ0v) is 16.6. The molecule has 1 aliphatic heterocycles. The lowest BCUT2D eigenvalue weighted by atomic mass is 10.1. The highest BCUT2D eigenvalue weighted by Crippen LogP contribution is 2.22. The molecule has 3 heterocycles. The minimum absolute atomic E-state index is 0. The normalized spacial score (nSPS) is 16.6. The fraction of sp³-hybridized carbons (Fsp3) is 0.450. The van der Waals surface area contributed by atoms with Gasteiger partial charge in [0.2, 0.25) is 5.91 Å².